The summed E-state index contributed by atoms with van der Waals surface area (Å²) in [4.78, 5) is 7.04. The van der Waals surface area contributed by atoms with E-state index in [4.69, 9.17) is 15.2 Å². The molecule has 6 nitrogen and oxygen atoms in total. The maximum atomic E-state index is 6.13. The number of likely N-dealkylation sites (tertiary alicyclic amines) is 1. The molecule has 1 saturated heterocycles. The van der Waals surface area contributed by atoms with Gasteiger partial charge in [0.2, 0.25) is 0 Å². The van der Waals surface area contributed by atoms with Gasteiger partial charge >= 0.3 is 0 Å². The third kappa shape index (κ3) is 6.12. The molecule has 0 saturated carbocycles. The first-order valence-electron chi connectivity index (χ1n) is 10.2. The van der Waals surface area contributed by atoms with Gasteiger partial charge in [0.15, 0.2) is 17.5 Å². The Kier molecular flexibility index (Phi) is 7.76. The first kappa shape index (κ1) is 21.0. The van der Waals surface area contributed by atoms with Crippen LogP contribution in [0, 0.1) is 0 Å². The molecular formula is C23H32N4O2. The molecular weight excluding hydrogens is 364 g/mol. The number of rotatable bonds is 8. The monoisotopic (exact) mass is 396 g/mol. The van der Waals surface area contributed by atoms with Crippen molar-refractivity contribution in [2.45, 2.75) is 38.4 Å². The Hall–Kier alpha value is -2.73. The van der Waals surface area contributed by atoms with Crippen molar-refractivity contribution in [2.24, 2.45) is 10.7 Å². The minimum absolute atomic E-state index is 0.471. The van der Waals surface area contributed by atoms with Crippen LogP contribution in [0.4, 0.5) is 0 Å². The van der Waals surface area contributed by atoms with Crippen LogP contribution in [0.25, 0.3) is 0 Å². The molecule has 1 heterocycles. The Bertz CT molecular complexity index is 795. The second kappa shape index (κ2) is 10.7. The molecule has 0 amide bonds. The Balaban J connectivity index is 1.53. The van der Waals surface area contributed by atoms with Crippen LogP contribution in [0.3, 0.4) is 0 Å². The smallest absolute Gasteiger partial charge is 0.188 e. The third-order valence-corrected chi connectivity index (χ3v) is 5.38. The quantitative estimate of drug-likeness (QED) is 0.530. The Labute approximate surface area is 173 Å². The van der Waals surface area contributed by atoms with Crippen LogP contribution in [-0.4, -0.2) is 44.2 Å². The minimum atomic E-state index is 0.471. The molecule has 0 aromatic heterocycles. The number of guanidine groups is 1. The summed E-state index contributed by atoms with van der Waals surface area (Å²) in [6.07, 6.45) is 3.70. The van der Waals surface area contributed by atoms with Crippen LogP contribution in [0.2, 0.25) is 0 Å². The van der Waals surface area contributed by atoms with Crippen molar-refractivity contribution in [1.82, 2.24) is 10.2 Å². The minimum Gasteiger partial charge on any atom is -0.493 e. The number of ether oxygens (including phenoxy) is 2. The van der Waals surface area contributed by atoms with E-state index >= 15 is 0 Å². The summed E-state index contributed by atoms with van der Waals surface area (Å²) in [5, 5.41) is 3.32. The highest BCUT2D eigenvalue weighted by atomic mass is 16.5. The predicted molar refractivity (Wildman–Crippen MR) is 117 cm³/mol. The zero-order chi connectivity index (χ0) is 20.5. The number of nitrogens with one attached hydrogen (secondary N) is 1. The summed E-state index contributed by atoms with van der Waals surface area (Å²) >= 11 is 0. The highest BCUT2D eigenvalue weighted by molar-refractivity contribution is 5.77. The van der Waals surface area contributed by atoms with Crippen molar-refractivity contribution in [3.63, 3.8) is 0 Å². The highest BCUT2D eigenvalue weighted by Gasteiger charge is 2.22. The maximum absolute atomic E-state index is 6.13. The van der Waals surface area contributed by atoms with E-state index in [1.807, 2.05) is 18.2 Å². The van der Waals surface area contributed by atoms with Crippen LogP contribution in [0.15, 0.2) is 53.5 Å². The van der Waals surface area contributed by atoms with E-state index in [9.17, 15) is 0 Å². The van der Waals surface area contributed by atoms with Crippen LogP contribution < -0.4 is 20.5 Å². The first-order valence-corrected chi connectivity index (χ1v) is 10.2. The van der Waals surface area contributed by atoms with Crippen molar-refractivity contribution >= 4 is 5.96 Å². The zero-order valence-corrected chi connectivity index (χ0v) is 17.4. The summed E-state index contributed by atoms with van der Waals surface area (Å²) in [7, 11) is 3.26. The number of piperidine rings is 1. The first-order chi connectivity index (χ1) is 14.2. The number of hydrogen-bond acceptors (Lipinski definition) is 4. The van der Waals surface area contributed by atoms with E-state index in [0.29, 0.717) is 30.0 Å². The van der Waals surface area contributed by atoms with Gasteiger partial charge < -0.3 is 20.5 Å². The Morgan fingerprint density at radius 2 is 1.86 bits per heavy atom. The second-order valence-electron chi connectivity index (χ2n) is 7.38. The average Bonchev–Trinajstić information content (AvgIpc) is 2.77. The van der Waals surface area contributed by atoms with E-state index in [-0.39, 0.29) is 0 Å². The van der Waals surface area contributed by atoms with E-state index < -0.39 is 0 Å². The topological polar surface area (TPSA) is 72.1 Å². The van der Waals surface area contributed by atoms with Crippen LogP contribution in [0.1, 0.15) is 30.4 Å². The molecule has 1 aliphatic heterocycles. The number of aliphatic imine (C=N–C) groups is 1. The highest BCUT2D eigenvalue weighted by Crippen LogP contribution is 2.27. The van der Waals surface area contributed by atoms with Crippen molar-refractivity contribution < 1.29 is 9.47 Å². The van der Waals surface area contributed by atoms with Gasteiger partial charge in [-0.3, -0.25) is 4.90 Å². The number of benzene rings is 2. The molecule has 1 atom stereocenters. The number of nitrogens with two attached hydrogens (primary N) is 1. The number of methoxy groups -OCH3 is 2. The lowest BCUT2D eigenvalue weighted by Gasteiger charge is -2.36. The van der Waals surface area contributed by atoms with Gasteiger partial charge in [-0.25, -0.2) is 4.99 Å². The molecule has 29 heavy (non-hydrogen) atoms. The lowest BCUT2D eigenvalue weighted by Crippen LogP contribution is -2.47. The zero-order valence-electron chi connectivity index (χ0n) is 17.4. The fourth-order valence-corrected chi connectivity index (χ4v) is 3.75. The normalized spacial score (nSPS) is 17.7. The SMILES string of the molecule is COc1ccc(CN=C(N)NCC2CCCCN2Cc2ccccc2)cc1OC. The van der Waals surface area contributed by atoms with Crippen LogP contribution in [0.5, 0.6) is 11.5 Å². The van der Waals surface area contributed by atoms with Gasteiger partial charge in [0.25, 0.3) is 0 Å². The standard InChI is InChI=1S/C23H32N4O2/c1-28-21-12-11-19(14-22(21)29-2)15-25-23(24)26-16-20-10-6-7-13-27(20)17-18-8-4-3-5-9-18/h3-5,8-9,11-12,14,20H,6-7,10,13,15-17H2,1-2H3,(H3,24,25,26). The van der Waals surface area contributed by atoms with Gasteiger partial charge in [0.1, 0.15) is 0 Å². The van der Waals surface area contributed by atoms with E-state index in [1.165, 1.54) is 24.8 Å². The molecule has 0 aliphatic carbocycles. The van der Waals surface area contributed by atoms with Gasteiger partial charge in [-0.15, -0.1) is 0 Å². The van der Waals surface area contributed by atoms with Crippen LogP contribution in [-0.2, 0) is 13.1 Å². The molecule has 0 bridgehead atoms. The number of nitrogens with zero attached hydrogens (tertiary/aromatic N) is 2. The van der Waals surface area contributed by atoms with Gasteiger partial charge in [-0.05, 0) is 42.6 Å². The van der Waals surface area contributed by atoms with Gasteiger partial charge in [0, 0.05) is 19.1 Å². The van der Waals surface area contributed by atoms with Crippen molar-refractivity contribution in [3.05, 3.63) is 59.7 Å². The summed E-state index contributed by atoms with van der Waals surface area (Å²) in [5.41, 5.74) is 8.51. The van der Waals surface area contributed by atoms with Crippen molar-refractivity contribution in [1.29, 1.82) is 0 Å². The predicted octanol–water partition coefficient (Wildman–Crippen LogP) is 3.16. The molecule has 3 rings (SSSR count). The molecule has 1 unspecified atom stereocenters. The van der Waals surface area contributed by atoms with Crippen molar-refractivity contribution in [3.8, 4) is 11.5 Å². The van der Waals surface area contributed by atoms with Gasteiger partial charge in [-0.2, -0.15) is 0 Å². The molecule has 6 heteroatoms. The van der Waals surface area contributed by atoms with Crippen molar-refractivity contribution in [2.75, 3.05) is 27.3 Å². The summed E-state index contributed by atoms with van der Waals surface area (Å²) in [6.45, 7) is 3.42. The molecule has 156 valence electrons. The van der Waals surface area contributed by atoms with Crippen LogP contribution >= 0.6 is 0 Å². The summed E-state index contributed by atoms with van der Waals surface area (Å²) in [5.74, 6) is 1.89. The Morgan fingerprint density at radius 1 is 1.07 bits per heavy atom. The van der Waals surface area contributed by atoms with E-state index in [1.54, 1.807) is 14.2 Å². The van der Waals surface area contributed by atoms with Gasteiger partial charge in [-0.1, -0.05) is 42.8 Å². The molecule has 0 radical (unpaired) electrons. The average molecular weight is 397 g/mol. The molecule has 2 aromatic rings. The lowest BCUT2D eigenvalue weighted by molar-refractivity contribution is 0.141. The third-order valence-electron chi connectivity index (χ3n) is 5.38. The molecule has 0 spiro atoms. The summed E-state index contributed by atoms with van der Waals surface area (Å²) in [6, 6.07) is 16.9. The molecule has 2 aromatic carbocycles. The Morgan fingerprint density at radius 3 is 2.62 bits per heavy atom. The fraction of sp³-hybridized carbons (Fsp3) is 0.435. The summed E-state index contributed by atoms with van der Waals surface area (Å²) < 4.78 is 10.6. The lowest BCUT2D eigenvalue weighted by atomic mass is 10.0. The van der Waals surface area contributed by atoms with E-state index in [0.717, 1.165) is 25.2 Å². The fourth-order valence-electron chi connectivity index (χ4n) is 3.75. The molecule has 3 N–H and O–H groups in total. The van der Waals surface area contributed by atoms with E-state index in [2.05, 4.69) is 45.5 Å². The second-order valence-corrected chi connectivity index (χ2v) is 7.38. The molecule has 1 fully saturated rings. The largest absolute Gasteiger partial charge is 0.493 e. The van der Waals surface area contributed by atoms with Gasteiger partial charge in [0.05, 0.1) is 20.8 Å². The molecule has 1 aliphatic rings. The number of hydrogen-bond donors (Lipinski definition) is 2. The maximum Gasteiger partial charge on any atom is 0.188 e.